The molecule has 3 rings (SSSR count). The van der Waals surface area contributed by atoms with Crippen LogP contribution in [0.4, 0.5) is 5.69 Å². The van der Waals surface area contributed by atoms with Crippen molar-refractivity contribution >= 4 is 11.6 Å². The summed E-state index contributed by atoms with van der Waals surface area (Å²) in [6.45, 7) is 5.46. The largest absolute Gasteiger partial charge is 0.490 e. The maximum absolute atomic E-state index is 12.6. The lowest BCUT2D eigenvalue weighted by molar-refractivity contribution is 0.0994. The van der Waals surface area contributed by atoms with Crippen molar-refractivity contribution in [2.24, 2.45) is 0 Å². The summed E-state index contributed by atoms with van der Waals surface area (Å²) in [7, 11) is 0. The Balaban J connectivity index is 1.70. The number of pyridine rings is 1. The number of carbonyl (C=O) groups excluding carboxylic acids is 1. The van der Waals surface area contributed by atoms with Crippen LogP contribution in [0, 0.1) is 0 Å². The number of nitrogens with zero attached hydrogens (tertiary/aromatic N) is 1. The highest BCUT2D eigenvalue weighted by molar-refractivity contribution is 6.02. The molecule has 0 bridgehead atoms. The molecular weight excluding hydrogens is 384 g/mol. The van der Waals surface area contributed by atoms with E-state index in [1.807, 2.05) is 13.8 Å². The van der Waals surface area contributed by atoms with E-state index in [1.54, 1.807) is 48.7 Å². The first kappa shape index (κ1) is 21.2. The lowest BCUT2D eigenvalue weighted by Gasteiger charge is -2.13. The van der Waals surface area contributed by atoms with Crippen molar-refractivity contribution in [2.45, 2.75) is 33.2 Å². The predicted molar refractivity (Wildman–Crippen MR) is 114 cm³/mol. The minimum atomic E-state index is -0.384. The molecular formula is C23H26N2O5. The van der Waals surface area contributed by atoms with Gasteiger partial charge in [-0.15, -0.1) is 0 Å². The summed E-state index contributed by atoms with van der Waals surface area (Å²) in [5, 5.41) is 2.81. The molecule has 1 amide bonds. The Hall–Kier alpha value is -3.48. The first-order chi connectivity index (χ1) is 14.6. The van der Waals surface area contributed by atoms with Gasteiger partial charge in [0.25, 0.3) is 11.5 Å². The topological polar surface area (TPSA) is 82.7 Å². The molecule has 0 aliphatic carbocycles. The average Bonchev–Trinajstić information content (AvgIpc) is 3.22. The fourth-order valence-corrected chi connectivity index (χ4v) is 2.78. The molecule has 3 aromatic rings. The van der Waals surface area contributed by atoms with E-state index in [1.165, 1.54) is 10.6 Å². The third-order valence-electron chi connectivity index (χ3n) is 4.24. The number of nitrogens with one attached hydrogen (secondary N) is 1. The third-order valence-corrected chi connectivity index (χ3v) is 4.24. The Morgan fingerprint density at radius 2 is 1.77 bits per heavy atom. The number of hydrogen-bond acceptors (Lipinski definition) is 5. The van der Waals surface area contributed by atoms with E-state index in [9.17, 15) is 9.59 Å². The van der Waals surface area contributed by atoms with Crippen LogP contribution in [-0.2, 0) is 6.54 Å². The van der Waals surface area contributed by atoms with Crippen LogP contribution >= 0.6 is 0 Å². The first-order valence-electron chi connectivity index (χ1n) is 10.1. The van der Waals surface area contributed by atoms with Gasteiger partial charge in [-0.05, 0) is 43.2 Å². The monoisotopic (exact) mass is 410 g/mol. The molecule has 0 atom stereocenters. The molecule has 7 heteroatoms. The van der Waals surface area contributed by atoms with Crippen molar-refractivity contribution in [1.29, 1.82) is 0 Å². The number of anilines is 1. The number of aromatic nitrogens is 1. The first-order valence-corrected chi connectivity index (χ1v) is 10.1. The van der Waals surface area contributed by atoms with Gasteiger partial charge in [0.1, 0.15) is 5.76 Å². The third kappa shape index (κ3) is 5.53. The normalized spacial score (nSPS) is 10.6. The highest BCUT2D eigenvalue weighted by atomic mass is 16.5. The number of hydrogen-bond donors (Lipinski definition) is 1. The van der Waals surface area contributed by atoms with Gasteiger partial charge >= 0.3 is 0 Å². The maximum atomic E-state index is 12.6. The number of ether oxygens (including phenoxy) is 2. The number of benzene rings is 1. The second kappa shape index (κ2) is 10.3. The maximum Gasteiger partial charge on any atom is 0.291 e. The van der Waals surface area contributed by atoms with E-state index in [2.05, 4.69) is 5.32 Å². The molecule has 1 aromatic carbocycles. The molecule has 0 aliphatic heterocycles. The molecule has 1 N–H and O–H groups in total. The number of amides is 1. The van der Waals surface area contributed by atoms with E-state index in [0.717, 1.165) is 12.8 Å². The van der Waals surface area contributed by atoms with Crippen LogP contribution in [0.5, 0.6) is 11.5 Å². The summed E-state index contributed by atoms with van der Waals surface area (Å²) in [6.07, 6.45) is 3.43. The van der Waals surface area contributed by atoms with Gasteiger partial charge in [-0.3, -0.25) is 9.59 Å². The van der Waals surface area contributed by atoms with E-state index >= 15 is 0 Å². The van der Waals surface area contributed by atoms with E-state index in [4.69, 9.17) is 13.9 Å². The SMILES string of the molecule is CCCOc1ccc(NC(=O)c2ccc(Cn3ccccc3=O)o2)cc1OCCC. The Bertz CT molecular complexity index is 1040. The minimum Gasteiger partial charge on any atom is -0.490 e. The quantitative estimate of drug-likeness (QED) is 0.538. The van der Waals surface area contributed by atoms with Gasteiger partial charge in [0.2, 0.25) is 0 Å². The van der Waals surface area contributed by atoms with Crippen molar-refractivity contribution in [3.63, 3.8) is 0 Å². The van der Waals surface area contributed by atoms with Crippen LogP contribution in [0.2, 0.25) is 0 Å². The van der Waals surface area contributed by atoms with Crippen LogP contribution in [0.25, 0.3) is 0 Å². The van der Waals surface area contributed by atoms with Crippen molar-refractivity contribution in [2.75, 3.05) is 18.5 Å². The van der Waals surface area contributed by atoms with Gasteiger partial charge in [-0.2, -0.15) is 0 Å². The smallest absolute Gasteiger partial charge is 0.291 e. The van der Waals surface area contributed by atoms with Gasteiger partial charge in [0, 0.05) is 24.0 Å². The van der Waals surface area contributed by atoms with Crippen molar-refractivity contribution < 1.29 is 18.7 Å². The zero-order valence-corrected chi connectivity index (χ0v) is 17.2. The standard InChI is InChI=1S/C23H26N2O5/c1-3-13-28-19-10-8-17(15-21(19)29-14-4-2)24-23(27)20-11-9-18(30-20)16-25-12-6-5-7-22(25)26/h5-12,15H,3-4,13-14,16H2,1-2H3,(H,24,27). The highest BCUT2D eigenvalue weighted by Crippen LogP contribution is 2.31. The molecule has 158 valence electrons. The molecule has 0 saturated heterocycles. The Morgan fingerprint density at radius 1 is 1.00 bits per heavy atom. The van der Waals surface area contributed by atoms with Gasteiger partial charge in [0.05, 0.1) is 19.8 Å². The molecule has 0 fully saturated rings. The Kier molecular flexibility index (Phi) is 7.32. The van der Waals surface area contributed by atoms with Crippen LogP contribution in [-0.4, -0.2) is 23.7 Å². The fraction of sp³-hybridized carbons (Fsp3) is 0.304. The summed E-state index contributed by atoms with van der Waals surface area (Å²) in [6, 6.07) is 13.5. The Labute approximate surface area is 175 Å². The van der Waals surface area contributed by atoms with Crippen molar-refractivity contribution in [1.82, 2.24) is 4.57 Å². The lowest BCUT2D eigenvalue weighted by Crippen LogP contribution is -2.18. The van der Waals surface area contributed by atoms with Crippen molar-refractivity contribution in [3.05, 3.63) is 76.6 Å². The summed E-state index contributed by atoms with van der Waals surface area (Å²) in [5.41, 5.74) is 0.442. The van der Waals surface area contributed by atoms with Crippen LogP contribution in [0.1, 0.15) is 43.0 Å². The highest BCUT2D eigenvalue weighted by Gasteiger charge is 2.14. The predicted octanol–water partition coefficient (Wildman–Crippen LogP) is 4.32. The zero-order chi connectivity index (χ0) is 21.3. The molecule has 2 heterocycles. The number of furan rings is 1. The molecule has 7 nitrogen and oxygen atoms in total. The van der Waals surface area contributed by atoms with Crippen LogP contribution in [0.15, 0.2) is 63.9 Å². The number of carbonyl (C=O) groups is 1. The minimum absolute atomic E-state index is 0.134. The van der Waals surface area contributed by atoms with Crippen LogP contribution in [0.3, 0.4) is 0 Å². The average molecular weight is 410 g/mol. The van der Waals surface area contributed by atoms with Crippen molar-refractivity contribution in [3.8, 4) is 11.5 Å². The molecule has 0 saturated carbocycles. The fourth-order valence-electron chi connectivity index (χ4n) is 2.78. The summed E-state index contributed by atoms with van der Waals surface area (Å²) in [5.74, 6) is 1.54. The summed E-state index contributed by atoms with van der Waals surface area (Å²) < 4.78 is 18.6. The Morgan fingerprint density at radius 3 is 2.50 bits per heavy atom. The van der Waals surface area contributed by atoms with Gasteiger partial charge < -0.3 is 23.8 Å². The molecule has 0 radical (unpaired) electrons. The molecule has 0 spiro atoms. The molecule has 30 heavy (non-hydrogen) atoms. The summed E-state index contributed by atoms with van der Waals surface area (Å²) in [4.78, 5) is 24.4. The van der Waals surface area contributed by atoms with Gasteiger partial charge in [-0.25, -0.2) is 0 Å². The molecule has 0 unspecified atom stereocenters. The second-order valence-corrected chi connectivity index (χ2v) is 6.75. The molecule has 2 aromatic heterocycles. The lowest BCUT2D eigenvalue weighted by atomic mass is 10.2. The second-order valence-electron chi connectivity index (χ2n) is 6.75. The van der Waals surface area contributed by atoms with E-state index in [0.29, 0.717) is 36.2 Å². The van der Waals surface area contributed by atoms with E-state index < -0.39 is 0 Å². The van der Waals surface area contributed by atoms with E-state index in [-0.39, 0.29) is 23.8 Å². The number of rotatable bonds is 10. The molecule has 0 aliphatic rings. The zero-order valence-electron chi connectivity index (χ0n) is 17.2. The summed E-state index contributed by atoms with van der Waals surface area (Å²) >= 11 is 0. The van der Waals surface area contributed by atoms with Gasteiger partial charge in [0.15, 0.2) is 17.3 Å². The van der Waals surface area contributed by atoms with Gasteiger partial charge in [-0.1, -0.05) is 19.9 Å². The van der Waals surface area contributed by atoms with Crippen LogP contribution < -0.4 is 20.3 Å².